The monoisotopic (exact) mass is 300 g/mol. The van der Waals surface area contributed by atoms with Gasteiger partial charge in [0, 0.05) is 6.42 Å². The fraction of sp³-hybridized carbons (Fsp3) is 0.875. The van der Waals surface area contributed by atoms with E-state index in [0.29, 0.717) is 18.9 Å². The van der Waals surface area contributed by atoms with E-state index in [1.165, 1.54) is 19.3 Å². The number of hydrogen-bond donors (Lipinski definition) is 0. The van der Waals surface area contributed by atoms with Crippen LogP contribution in [0, 0.1) is 11.3 Å². The molecule has 1 saturated carbocycles. The lowest BCUT2D eigenvalue weighted by molar-refractivity contribution is -0.181. The summed E-state index contributed by atoms with van der Waals surface area (Å²) in [4.78, 5) is 23.4. The maximum absolute atomic E-state index is 11.8. The van der Waals surface area contributed by atoms with Crippen LogP contribution in [0.1, 0.15) is 66.2 Å². The minimum absolute atomic E-state index is 0.391. The van der Waals surface area contributed by atoms with Crippen molar-refractivity contribution in [3.63, 3.8) is 0 Å². The molecule has 1 atom stereocenters. The van der Waals surface area contributed by atoms with Crippen molar-refractivity contribution in [1.82, 2.24) is 0 Å². The normalized spacial score (nSPS) is 17.9. The molecule has 21 heavy (non-hydrogen) atoms. The smallest absolute Gasteiger partial charge is 0.434 e. The molecule has 0 radical (unpaired) electrons. The average molecular weight is 300 g/mol. The summed E-state index contributed by atoms with van der Waals surface area (Å²) in [6.45, 7) is 7.44. The van der Waals surface area contributed by atoms with Gasteiger partial charge in [0.2, 0.25) is 0 Å². The SMILES string of the molecule is CCC(OC(=O)OCC1CCCCC1)OC(=O)C(C)(C)C. The van der Waals surface area contributed by atoms with Crippen LogP contribution in [0.25, 0.3) is 0 Å². The third kappa shape index (κ3) is 6.82. The van der Waals surface area contributed by atoms with Crippen LogP contribution in [0.5, 0.6) is 0 Å². The third-order valence-electron chi connectivity index (χ3n) is 3.57. The van der Waals surface area contributed by atoms with Gasteiger partial charge in [-0.2, -0.15) is 0 Å². The van der Waals surface area contributed by atoms with Crippen molar-refractivity contribution in [2.75, 3.05) is 6.61 Å². The molecule has 1 fully saturated rings. The molecule has 5 heteroatoms. The van der Waals surface area contributed by atoms with Crippen LogP contribution in [0.2, 0.25) is 0 Å². The summed E-state index contributed by atoms with van der Waals surface area (Å²) in [6, 6.07) is 0. The van der Waals surface area contributed by atoms with E-state index in [1.807, 2.05) is 0 Å². The first-order valence-corrected chi connectivity index (χ1v) is 7.87. The van der Waals surface area contributed by atoms with Gasteiger partial charge in [0.1, 0.15) is 0 Å². The molecule has 0 aromatic rings. The van der Waals surface area contributed by atoms with Crippen molar-refractivity contribution >= 4 is 12.1 Å². The van der Waals surface area contributed by atoms with E-state index in [4.69, 9.17) is 14.2 Å². The van der Waals surface area contributed by atoms with Crippen molar-refractivity contribution in [1.29, 1.82) is 0 Å². The molecule has 1 aliphatic rings. The Morgan fingerprint density at radius 3 is 2.24 bits per heavy atom. The van der Waals surface area contributed by atoms with E-state index in [0.717, 1.165) is 12.8 Å². The van der Waals surface area contributed by atoms with Gasteiger partial charge in [0.05, 0.1) is 12.0 Å². The van der Waals surface area contributed by atoms with Gasteiger partial charge in [-0.3, -0.25) is 4.79 Å². The second-order valence-electron chi connectivity index (χ2n) is 6.68. The summed E-state index contributed by atoms with van der Waals surface area (Å²) < 4.78 is 15.3. The summed E-state index contributed by atoms with van der Waals surface area (Å²) in [6.07, 6.45) is 4.63. The van der Waals surface area contributed by atoms with E-state index in [9.17, 15) is 9.59 Å². The van der Waals surface area contributed by atoms with Crippen molar-refractivity contribution in [3.05, 3.63) is 0 Å². The second-order valence-corrected chi connectivity index (χ2v) is 6.68. The topological polar surface area (TPSA) is 61.8 Å². The number of hydrogen-bond acceptors (Lipinski definition) is 5. The lowest BCUT2D eigenvalue weighted by atomic mass is 9.90. The lowest BCUT2D eigenvalue weighted by Crippen LogP contribution is -2.31. The van der Waals surface area contributed by atoms with Crippen molar-refractivity contribution in [2.45, 2.75) is 72.5 Å². The summed E-state index contributed by atoms with van der Waals surface area (Å²) in [5.41, 5.74) is -0.622. The maximum atomic E-state index is 11.8. The van der Waals surface area contributed by atoms with Crippen LogP contribution in [-0.4, -0.2) is 25.0 Å². The Morgan fingerprint density at radius 1 is 1.10 bits per heavy atom. The van der Waals surface area contributed by atoms with Crippen LogP contribution in [0.15, 0.2) is 0 Å². The zero-order chi connectivity index (χ0) is 15.9. The molecule has 0 N–H and O–H groups in total. The fourth-order valence-corrected chi connectivity index (χ4v) is 2.17. The van der Waals surface area contributed by atoms with E-state index in [-0.39, 0.29) is 0 Å². The molecule has 1 aliphatic carbocycles. The third-order valence-corrected chi connectivity index (χ3v) is 3.57. The summed E-state index contributed by atoms with van der Waals surface area (Å²) in [5, 5.41) is 0. The van der Waals surface area contributed by atoms with Crippen molar-refractivity contribution in [3.8, 4) is 0 Å². The molecule has 5 nitrogen and oxygen atoms in total. The first-order valence-electron chi connectivity index (χ1n) is 7.87. The second kappa shape index (κ2) is 8.25. The molecule has 0 saturated heterocycles. The molecule has 122 valence electrons. The Hall–Kier alpha value is -1.26. The highest BCUT2D eigenvalue weighted by Crippen LogP contribution is 2.24. The lowest BCUT2D eigenvalue weighted by Gasteiger charge is -2.23. The molecule has 0 aliphatic heterocycles. The largest absolute Gasteiger partial charge is 0.511 e. The first-order chi connectivity index (χ1) is 9.82. The zero-order valence-electron chi connectivity index (χ0n) is 13.6. The van der Waals surface area contributed by atoms with E-state index < -0.39 is 23.8 Å². The van der Waals surface area contributed by atoms with Crippen molar-refractivity contribution in [2.24, 2.45) is 11.3 Å². The number of carbonyl (C=O) groups excluding carboxylic acids is 2. The van der Waals surface area contributed by atoms with E-state index >= 15 is 0 Å². The molecule has 1 unspecified atom stereocenters. The summed E-state index contributed by atoms with van der Waals surface area (Å²) in [5.74, 6) is 0.0398. The highest BCUT2D eigenvalue weighted by Gasteiger charge is 2.28. The fourth-order valence-electron chi connectivity index (χ4n) is 2.17. The molecule has 0 heterocycles. The Kier molecular flexibility index (Phi) is 6.99. The Morgan fingerprint density at radius 2 is 1.71 bits per heavy atom. The number of carbonyl (C=O) groups is 2. The zero-order valence-corrected chi connectivity index (χ0v) is 13.6. The van der Waals surface area contributed by atoms with Crippen LogP contribution in [-0.2, 0) is 19.0 Å². The van der Waals surface area contributed by atoms with Gasteiger partial charge >= 0.3 is 12.1 Å². The van der Waals surface area contributed by atoms with Gasteiger partial charge in [-0.05, 0) is 39.5 Å². The van der Waals surface area contributed by atoms with Gasteiger partial charge in [0.15, 0.2) is 0 Å². The van der Waals surface area contributed by atoms with E-state index in [1.54, 1.807) is 27.7 Å². The Labute approximate surface area is 127 Å². The molecule has 0 spiro atoms. The van der Waals surface area contributed by atoms with E-state index in [2.05, 4.69) is 0 Å². The van der Waals surface area contributed by atoms with Crippen LogP contribution in [0.4, 0.5) is 4.79 Å². The molecule has 0 bridgehead atoms. The van der Waals surface area contributed by atoms with Crippen LogP contribution >= 0.6 is 0 Å². The molecule has 1 rings (SSSR count). The molecule has 0 aromatic heterocycles. The van der Waals surface area contributed by atoms with Gasteiger partial charge < -0.3 is 14.2 Å². The average Bonchev–Trinajstić information content (AvgIpc) is 2.44. The molecular weight excluding hydrogens is 272 g/mol. The number of rotatable bonds is 5. The predicted octanol–water partition coefficient (Wildman–Crippen LogP) is 4.05. The van der Waals surface area contributed by atoms with Gasteiger partial charge in [-0.15, -0.1) is 0 Å². The number of ether oxygens (including phenoxy) is 3. The molecular formula is C16H28O5. The van der Waals surface area contributed by atoms with Crippen LogP contribution < -0.4 is 0 Å². The highest BCUT2D eigenvalue weighted by molar-refractivity contribution is 5.75. The van der Waals surface area contributed by atoms with Crippen molar-refractivity contribution < 1.29 is 23.8 Å². The van der Waals surface area contributed by atoms with Gasteiger partial charge in [-0.1, -0.05) is 26.2 Å². The highest BCUT2D eigenvalue weighted by atomic mass is 16.8. The maximum Gasteiger partial charge on any atom is 0.511 e. The standard InChI is InChI=1S/C16H28O5/c1-5-13(20-14(17)16(2,3)4)21-15(18)19-11-12-9-7-6-8-10-12/h12-13H,5-11H2,1-4H3. The molecule has 0 amide bonds. The Balaban J connectivity index is 2.31. The summed E-state index contributed by atoms with van der Waals surface area (Å²) in [7, 11) is 0. The summed E-state index contributed by atoms with van der Waals surface area (Å²) >= 11 is 0. The predicted molar refractivity (Wildman–Crippen MR) is 78.6 cm³/mol. The minimum Gasteiger partial charge on any atom is -0.434 e. The minimum atomic E-state index is -0.879. The first kappa shape index (κ1) is 17.8. The Bertz CT molecular complexity index is 339. The van der Waals surface area contributed by atoms with Gasteiger partial charge in [-0.25, -0.2) is 4.79 Å². The number of esters is 1. The molecule has 0 aromatic carbocycles. The quantitative estimate of drug-likeness (QED) is 0.566. The van der Waals surface area contributed by atoms with Gasteiger partial charge in [0.25, 0.3) is 6.29 Å². The van der Waals surface area contributed by atoms with Crippen LogP contribution in [0.3, 0.4) is 0 Å².